The van der Waals surface area contributed by atoms with Crippen molar-refractivity contribution >= 4 is 28.5 Å². The van der Waals surface area contributed by atoms with Crippen LogP contribution in [0.5, 0.6) is 5.75 Å². The zero-order chi connectivity index (χ0) is 19.9. The summed E-state index contributed by atoms with van der Waals surface area (Å²) >= 11 is 0. The first-order chi connectivity index (χ1) is 13.5. The molecule has 0 bridgehead atoms. The number of rotatable bonds is 7. The number of Topliss-reactive ketones (excluding diaryl/α,β-unsaturated/α-hetero) is 1. The van der Waals surface area contributed by atoms with Gasteiger partial charge in [0, 0.05) is 22.9 Å². The van der Waals surface area contributed by atoms with E-state index >= 15 is 0 Å². The lowest BCUT2D eigenvalue weighted by Gasteiger charge is -2.09. The Kier molecular flexibility index (Phi) is 5.97. The molecule has 140 valence electrons. The van der Waals surface area contributed by atoms with Crippen molar-refractivity contribution < 1.29 is 24.2 Å². The number of hydrogen-bond acceptors (Lipinski definition) is 4. The molecule has 5 heteroatoms. The Labute approximate surface area is 161 Å². The van der Waals surface area contributed by atoms with E-state index in [0.717, 1.165) is 10.8 Å². The lowest BCUT2D eigenvalue weighted by Crippen LogP contribution is -2.15. The van der Waals surface area contributed by atoms with Crippen LogP contribution in [-0.4, -0.2) is 22.8 Å². The van der Waals surface area contributed by atoms with E-state index in [1.165, 1.54) is 6.08 Å². The molecule has 0 amide bonds. The number of allylic oxidation sites excluding steroid dienone is 1. The molecule has 0 aliphatic heterocycles. The predicted molar refractivity (Wildman–Crippen MR) is 105 cm³/mol. The van der Waals surface area contributed by atoms with Crippen molar-refractivity contribution in [2.45, 2.75) is 12.8 Å². The number of ketones is 1. The zero-order valence-corrected chi connectivity index (χ0v) is 15.0. The molecule has 0 aliphatic rings. The van der Waals surface area contributed by atoms with Crippen molar-refractivity contribution in [3.05, 3.63) is 90.0 Å². The van der Waals surface area contributed by atoms with Crippen LogP contribution in [0, 0.1) is 0 Å². The largest absolute Gasteiger partial charge is 0.481 e. The smallest absolute Gasteiger partial charge is 0.339 e. The highest BCUT2D eigenvalue weighted by Gasteiger charge is 2.17. The first-order valence-electron chi connectivity index (χ1n) is 8.73. The fourth-order valence-electron chi connectivity index (χ4n) is 2.80. The fraction of sp³-hybridized carbons (Fsp3) is 0.0870. The summed E-state index contributed by atoms with van der Waals surface area (Å²) in [7, 11) is 0. The third-order valence-corrected chi connectivity index (χ3v) is 4.19. The molecule has 28 heavy (non-hydrogen) atoms. The van der Waals surface area contributed by atoms with Gasteiger partial charge in [-0.05, 0) is 11.5 Å². The average molecular weight is 374 g/mol. The van der Waals surface area contributed by atoms with Gasteiger partial charge >= 0.3 is 11.9 Å². The summed E-state index contributed by atoms with van der Waals surface area (Å²) in [4.78, 5) is 36.0. The Morgan fingerprint density at radius 2 is 1.54 bits per heavy atom. The number of ether oxygens (including phenoxy) is 1. The predicted octanol–water partition coefficient (Wildman–Crippen LogP) is 4.42. The molecule has 0 fully saturated rings. The number of carbonyl (C=O) groups excluding carboxylic acids is 2. The number of aliphatic carboxylic acids is 1. The third kappa shape index (κ3) is 4.71. The van der Waals surface area contributed by atoms with Gasteiger partial charge in [0.15, 0.2) is 5.78 Å². The highest BCUT2D eigenvalue weighted by molar-refractivity contribution is 6.00. The van der Waals surface area contributed by atoms with Crippen molar-refractivity contribution in [1.82, 2.24) is 0 Å². The van der Waals surface area contributed by atoms with Crippen LogP contribution < -0.4 is 4.74 Å². The second kappa shape index (κ2) is 8.77. The molecule has 3 aromatic rings. The van der Waals surface area contributed by atoms with E-state index in [2.05, 4.69) is 0 Å². The Morgan fingerprint density at radius 3 is 2.29 bits per heavy atom. The SMILES string of the molecule is O=C(O)CC(=CCC(=O)c1ccccc1)C(=O)Oc1cccc2ccccc12. The van der Waals surface area contributed by atoms with E-state index in [9.17, 15) is 14.4 Å². The molecule has 0 atom stereocenters. The zero-order valence-electron chi connectivity index (χ0n) is 15.0. The van der Waals surface area contributed by atoms with E-state index in [4.69, 9.17) is 9.84 Å². The Balaban J connectivity index is 1.81. The summed E-state index contributed by atoms with van der Waals surface area (Å²) in [5.74, 6) is -1.82. The molecule has 0 aliphatic carbocycles. The summed E-state index contributed by atoms with van der Waals surface area (Å²) in [6.45, 7) is 0. The van der Waals surface area contributed by atoms with E-state index in [1.807, 2.05) is 30.3 Å². The molecular formula is C23H18O5. The first-order valence-corrected chi connectivity index (χ1v) is 8.73. The normalized spacial score (nSPS) is 11.2. The Hall–Kier alpha value is -3.73. The van der Waals surface area contributed by atoms with Gasteiger partial charge in [-0.15, -0.1) is 0 Å². The number of carboxylic acid groups (broad SMARTS) is 1. The van der Waals surface area contributed by atoms with E-state index < -0.39 is 18.4 Å². The molecule has 0 saturated heterocycles. The number of carbonyl (C=O) groups is 3. The minimum Gasteiger partial charge on any atom is -0.481 e. The lowest BCUT2D eigenvalue weighted by atomic mass is 10.1. The second-order valence-electron chi connectivity index (χ2n) is 6.16. The highest BCUT2D eigenvalue weighted by Crippen LogP contribution is 2.26. The molecular weight excluding hydrogens is 356 g/mol. The number of benzene rings is 3. The van der Waals surface area contributed by atoms with Crippen LogP contribution in [0.2, 0.25) is 0 Å². The lowest BCUT2D eigenvalue weighted by molar-refractivity contribution is -0.138. The van der Waals surface area contributed by atoms with Crippen LogP contribution >= 0.6 is 0 Å². The third-order valence-electron chi connectivity index (χ3n) is 4.19. The first kappa shape index (κ1) is 19.0. The van der Waals surface area contributed by atoms with Crippen LogP contribution in [0.1, 0.15) is 23.2 Å². The number of esters is 1. The van der Waals surface area contributed by atoms with Gasteiger partial charge < -0.3 is 9.84 Å². The molecule has 3 aromatic carbocycles. The van der Waals surface area contributed by atoms with Crippen molar-refractivity contribution in [3.63, 3.8) is 0 Å². The summed E-state index contributed by atoms with van der Waals surface area (Å²) in [6.07, 6.45) is 0.722. The number of fused-ring (bicyclic) bond motifs is 1. The van der Waals surface area contributed by atoms with Gasteiger partial charge in [-0.3, -0.25) is 9.59 Å². The van der Waals surface area contributed by atoms with Crippen molar-refractivity contribution in [1.29, 1.82) is 0 Å². The maximum absolute atomic E-state index is 12.6. The van der Waals surface area contributed by atoms with Gasteiger partial charge in [-0.1, -0.05) is 72.8 Å². The van der Waals surface area contributed by atoms with E-state index in [1.54, 1.807) is 42.5 Å². The topological polar surface area (TPSA) is 80.7 Å². The Morgan fingerprint density at radius 1 is 0.857 bits per heavy atom. The fourth-order valence-corrected chi connectivity index (χ4v) is 2.80. The molecule has 0 aromatic heterocycles. The summed E-state index contributed by atoms with van der Waals surface area (Å²) in [5, 5.41) is 10.8. The van der Waals surface area contributed by atoms with Crippen molar-refractivity contribution in [2.75, 3.05) is 0 Å². The summed E-state index contributed by atoms with van der Waals surface area (Å²) < 4.78 is 5.45. The summed E-state index contributed by atoms with van der Waals surface area (Å²) in [5.41, 5.74) is 0.431. The standard InChI is InChI=1S/C23H18O5/c24-20(17-8-2-1-3-9-17)14-13-18(15-22(25)26)23(27)28-21-12-6-10-16-7-4-5-11-19(16)21/h1-13H,14-15H2,(H,25,26). The minimum atomic E-state index is -1.17. The molecule has 0 radical (unpaired) electrons. The van der Waals surface area contributed by atoms with Gasteiger partial charge in [0.05, 0.1) is 6.42 Å². The maximum Gasteiger partial charge on any atom is 0.339 e. The molecule has 1 N–H and O–H groups in total. The minimum absolute atomic E-state index is 0.0651. The molecule has 5 nitrogen and oxygen atoms in total. The number of carboxylic acids is 1. The van der Waals surface area contributed by atoms with Crippen LogP contribution in [0.3, 0.4) is 0 Å². The Bertz CT molecular complexity index is 1050. The van der Waals surface area contributed by atoms with Crippen LogP contribution in [0.4, 0.5) is 0 Å². The van der Waals surface area contributed by atoms with Crippen molar-refractivity contribution in [2.24, 2.45) is 0 Å². The van der Waals surface area contributed by atoms with Crippen LogP contribution in [-0.2, 0) is 9.59 Å². The molecule has 0 saturated carbocycles. The molecule has 0 heterocycles. The quantitative estimate of drug-likeness (QED) is 0.287. The highest BCUT2D eigenvalue weighted by atomic mass is 16.5. The second-order valence-corrected chi connectivity index (χ2v) is 6.16. The van der Waals surface area contributed by atoms with E-state index in [-0.39, 0.29) is 17.8 Å². The van der Waals surface area contributed by atoms with E-state index in [0.29, 0.717) is 11.3 Å². The summed E-state index contributed by atoms with van der Waals surface area (Å²) in [6, 6.07) is 21.3. The maximum atomic E-state index is 12.6. The van der Waals surface area contributed by atoms with Gasteiger partial charge in [-0.2, -0.15) is 0 Å². The molecule has 0 unspecified atom stereocenters. The van der Waals surface area contributed by atoms with Crippen LogP contribution in [0.15, 0.2) is 84.4 Å². The van der Waals surface area contributed by atoms with Gasteiger partial charge in [-0.25, -0.2) is 4.79 Å². The van der Waals surface area contributed by atoms with Crippen molar-refractivity contribution in [3.8, 4) is 5.75 Å². The van der Waals surface area contributed by atoms with Crippen LogP contribution in [0.25, 0.3) is 10.8 Å². The van der Waals surface area contributed by atoms with Gasteiger partial charge in [0.25, 0.3) is 0 Å². The number of hydrogen-bond donors (Lipinski definition) is 1. The molecule has 3 rings (SSSR count). The van der Waals surface area contributed by atoms with Gasteiger partial charge in [0.2, 0.25) is 0 Å². The monoisotopic (exact) mass is 374 g/mol. The average Bonchev–Trinajstić information content (AvgIpc) is 2.71. The molecule has 0 spiro atoms. The van der Waals surface area contributed by atoms with Gasteiger partial charge in [0.1, 0.15) is 5.75 Å².